The number of fused-ring (bicyclic) bond motifs is 6. The SMILES string of the molecule is COc1cc2c(O)c(c1)CCc1cc(C)cc(c1OC)CCc1cc(OC)cc(c1O)CC2. The quantitative estimate of drug-likeness (QED) is 0.583. The van der Waals surface area contributed by atoms with Gasteiger partial charge in [-0.2, -0.15) is 0 Å². The molecule has 0 fully saturated rings. The molecule has 1 aliphatic carbocycles. The van der Waals surface area contributed by atoms with Gasteiger partial charge < -0.3 is 24.4 Å². The summed E-state index contributed by atoms with van der Waals surface area (Å²) in [6.45, 7) is 2.09. The van der Waals surface area contributed by atoms with Crippen LogP contribution in [-0.2, 0) is 38.5 Å². The van der Waals surface area contributed by atoms with Gasteiger partial charge >= 0.3 is 0 Å². The van der Waals surface area contributed by atoms with E-state index in [1.807, 2.05) is 24.3 Å². The standard InChI is InChI=1S/C28H32O5/c1-17-11-22-9-7-20-15-24(31-2)13-18(26(20)29)5-6-19-14-25(32-3)16-21(27(19)30)8-10-23(12-17)28(22)33-4/h11-16,29-30H,5-10H2,1-4H3. The van der Waals surface area contributed by atoms with Crippen LogP contribution in [0.4, 0.5) is 0 Å². The molecule has 5 nitrogen and oxygen atoms in total. The molecule has 0 saturated heterocycles. The van der Waals surface area contributed by atoms with Gasteiger partial charge in [0.2, 0.25) is 0 Å². The fourth-order valence-electron chi connectivity index (χ4n) is 4.82. The Bertz CT molecular complexity index is 1080. The van der Waals surface area contributed by atoms with Crippen LogP contribution < -0.4 is 14.2 Å². The predicted octanol–water partition coefficient (Wildman–Crippen LogP) is 5.10. The lowest BCUT2D eigenvalue weighted by Gasteiger charge is -2.17. The first-order valence-electron chi connectivity index (χ1n) is 11.4. The third-order valence-electron chi connectivity index (χ3n) is 6.54. The van der Waals surface area contributed by atoms with Crippen LogP contribution in [0.2, 0.25) is 0 Å². The van der Waals surface area contributed by atoms with E-state index in [4.69, 9.17) is 14.2 Å². The van der Waals surface area contributed by atoms with Crippen molar-refractivity contribution in [2.75, 3.05) is 21.3 Å². The van der Waals surface area contributed by atoms with E-state index < -0.39 is 0 Å². The van der Waals surface area contributed by atoms with Gasteiger partial charge in [0.25, 0.3) is 0 Å². The van der Waals surface area contributed by atoms with Crippen molar-refractivity contribution in [3.8, 4) is 28.7 Å². The minimum atomic E-state index is 0.292. The monoisotopic (exact) mass is 448 g/mol. The average Bonchev–Trinajstić information content (AvgIpc) is 2.81. The van der Waals surface area contributed by atoms with E-state index in [9.17, 15) is 10.2 Å². The zero-order chi connectivity index (χ0) is 23.5. The number of phenols is 2. The lowest BCUT2D eigenvalue weighted by atomic mass is 9.94. The maximum absolute atomic E-state index is 11.1. The molecule has 0 saturated carbocycles. The van der Waals surface area contributed by atoms with Crippen molar-refractivity contribution in [3.63, 3.8) is 0 Å². The molecular formula is C28H32O5. The molecule has 1 aliphatic rings. The molecule has 3 aromatic rings. The van der Waals surface area contributed by atoms with Crippen molar-refractivity contribution >= 4 is 0 Å². The molecule has 3 aromatic carbocycles. The predicted molar refractivity (Wildman–Crippen MR) is 129 cm³/mol. The number of aryl methyl sites for hydroxylation is 7. The van der Waals surface area contributed by atoms with Gasteiger partial charge in [-0.15, -0.1) is 0 Å². The number of phenolic OH excluding ortho intramolecular Hbond substituents is 2. The lowest BCUT2D eigenvalue weighted by molar-refractivity contribution is 0.402. The maximum Gasteiger partial charge on any atom is 0.125 e. The Morgan fingerprint density at radius 2 is 0.848 bits per heavy atom. The molecule has 0 unspecified atom stereocenters. The van der Waals surface area contributed by atoms with Crippen molar-refractivity contribution in [1.82, 2.24) is 0 Å². The third kappa shape index (κ3) is 4.72. The average molecular weight is 449 g/mol. The summed E-state index contributed by atoms with van der Waals surface area (Å²) in [5, 5.41) is 22.1. The molecule has 0 aromatic heterocycles. The molecule has 0 amide bonds. The second kappa shape index (κ2) is 9.65. The number of hydrogen-bond donors (Lipinski definition) is 2. The smallest absolute Gasteiger partial charge is 0.125 e. The molecular weight excluding hydrogens is 416 g/mol. The molecule has 0 aliphatic heterocycles. The van der Waals surface area contributed by atoms with E-state index in [1.54, 1.807) is 21.3 Å². The molecule has 0 radical (unpaired) electrons. The summed E-state index contributed by atoms with van der Waals surface area (Å²) in [6.07, 6.45) is 3.97. The van der Waals surface area contributed by atoms with E-state index in [2.05, 4.69) is 19.1 Å². The van der Waals surface area contributed by atoms with Gasteiger partial charge in [0.05, 0.1) is 21.3 Å². The Morgan fingerprint density at radius 1 is 0.515 bits per heavy atom. The van der Waals surface area contributed by atoms with E-state index in [1.165, 1.54) is 0 Å². The summed E-state index contributed by atoms with van der Waals surface area (Å²) >= 11 is 0. The van der Waals surface area contributed by atoms with Crippen molar-refractivity contribution < 1.29 is 24.4 Å². The van der Waals surface area contributed by atoms with Crippen LogP contribution in [0.25, 0.3) is 0 Å². The Kier molecular flexibility index (Phi) is 6.68. The van der Waals surface area contributed by atoms with Crippen LogP contribution in [0.5, 0.6) is 28.7 Å². The van der Waals surface area contributed by atoms with Gasteiger partial charge in [-0.25, -0.2) is 0 Å². The number of benzene rings is 3. The van der Waals surface area contributed by atoms with Gasteiger partial charge in [-0.05, 0) is 103 Å². The Balaban J connectivity index is 1.88. The van der Waals surface area contributed by atoms with Crippen LogP contribution >= 0.6 is 0 Å². The molecule has 6 bridgehead atoms. The van der Waals surface area contributed by atoms with Crippen molar-refractivity contribution in [2.45, 2.75) is 45.4 Å². The Morgan fingerprint density at radius 3 is 1.15 bits per heavy atom. The Labute approximate surface area is 195 Å². The summed E-state index contributed by atoms with van der Waals surface area (Å²) in [5.41, 5.74) is 6.69. The molecule has 5 heteroatoms. The summed E-state index contributed by atoms with van der Waals surface area (Å²) in [4.78, 5) is 0. The van der Waals surface area contributed by atoms with E-state index >= 15 is 0 Å². The molecule has 2 N–H and O–H groups in total. The van der Waals surface area contributed by atoms with Crippen molar-refractivity contribution in [1.29, 1.82) is 0 Å². The summed E-state index contributed by atoms with van der Waals surface area (Å²) in [5.74, 6) is 2.89. The van der Waals surface area contributed by atoms with Crippen LogP contribution in [0.15, 0.2) is 36.4 Å². The number of ether oxygens (including phenoxy) is 3. The zero-order valence-corrected chi connectivity index (χ0v) is 19.8. The second-order valence-corrected chi connectivity index (χ2v) is 8.70. The van der Waals surface area contributed by atoms with Crippen molar-refractivity contribution in [2.24, 2.45) is 0 Å². The maximum atomic E-state index is 11.1. The highest BCUT2D eigenvalue weighted by Gasteiger charge is 2.18. The highest BCUT2D eigenvalue weighted by Crippen LogP contribution is 2.36. The van der Waals surface area contributed by atoms with E-state index in [0.29, 0.717) is 37.2 Å². The highest BCUT2D eigenvalue weighted by atomic mass is 16.5. The zero-order valence-electron chi connectivity index (χ0n) is 19.8. The Hall–Kier alpha value is -3.34. The summed E-state index contributed by atoms with van der Waals surface area (Å²) in [6, 6.07) is 11.9. The first-order chi connectivity index (χ1) is 15.9. The third-order valence-corrected chi connectivity index (χ3v) is 6.54. The molecule has 0 atom stereocenters. The number of aromatic hydroxyl groups is 2. The van der Waals surface area contributed by atoms with E-state index in [-0.39, 0.29) is 0 Å². The van der Waals surface area contributed by atoms with Gasteiger partial charge in [-0.1, -0.05) is 17.7 Å². The first kappa shape index (κ1) is 22.8. The minimum Gasteiger partial charge on any atom is -0.507 e. The molecule has 0 spiro atoms. The van der Waals surface area contributed by atoms with Crippen LogP contribution in [0.3, 0.4) is 0 Å². The highest BCUT2D eigenvalue weighted by molar-refractivity contribution is 5.52. The summed E-state index contributed by atoms with van der Waals surface area (Å²) in [7, 11) is 4.98. The van der Waals surface area contributed by atoms with Gasteiger partial charge in [0.15, 0.2) is 0 Å². The number of rotatable bonds is 3. The number of hydrogen-bond acceptors (Lipinski definition) is 5. The summed E-state index contributed by atoms with van der Waals surface area (Å²) < 4.78 is 16.9. The first-order valence-corrected chi connectivity index (χ1v) is 11.4. The van der Waals surface area contributed by atoms with Crippen LogP contribution in [0.1, 0.15) is 38.9 Å². The molecule has 174 valence electrons. The van der Waals surface area contributed by atoms with E-state index in [0.717, 1.165) is 69.0 Å². The largest absolute Gasteiger partial charge is 0.507 e. The lowest BCUT2D eigenvalue weighted by Crippen LogP contribution is -2.03. The van der Waals surface area contributed by atoms with Crippen LogP contribution in [0, 0.1) is 6.92 Å². The topological polar surface area (TPSA) is 68.2 Å². The minimum absolute atomic E-state index is 0.292. The van der Waals surface area contributed by atoms with Gasteiger partial charge in [0.1, 0.15) is 28.7 Å². The molecule has 4 rings (SSSR count). The normalized spacial score (nSPS) is 13.6. The van der Waals surface area contributed by atoms with Gasteiger partial charge in [-0.3, -0.25) is 0 Å². The van der Waals surface area contributed by atoms with Gasteiger partial charge in [0, 0.05) is 0 Å². The van der Waals surface area contributed by atoms with Crippen LogP contribution in [-0.4, -0.2) is 31.5 Å². The fraction of sp³-hybridized carbons (Fsp3) is 0.357. The number of methoxy groups -OCH3 is 3. The molecule has 33 heavy (non-hydrogen) atoms. The second-order valence-electron chi connectivity index (χ2n) is 8.70. The van der Waals surface area contributed by atoms with Crippen molar-refractivity contribution in [3.05, 3.63) is 75.3 Å². The molecule has 0 heterocycles. The fourth-order valence-corrected chi connectivity index (χ4v) is 4.82.